The number of aliphatic imine (C=N–C) groups is 2. The number of thioether (sulfide) groups is 2. The molecule has 0 aliphatic rings. The van der Waals surface area contributed by atoms with Crippen LogP contribution < -0.4 is 10.6 Å². The second-order valence-corrected chi connectivity index (χ2v) is 18.5. The summed E-state index contributed by atoms with van der Waals surface area (Å²) in [4.78, 5) is 10.6. The van der Waals surface area contributed by atoms with E-state index in [-0.39, 0.29) is 0 Å². The van der Waals surface area contributed by atoms with Crippen LogP contribution in [0.3, 0.4) is 0 Å². The first-order valence-electron chi connectivity index (χ1n) is 22.2. The van der Waals surface area contributed by atoms with E-state index in [2.05, 4.69) is 205 Å². The standard InChI is InChI=1S/C58H46N4S2/c1-3-21-47(22-4-1)59-57(61-51-35-31-45-27-25-41-15-9-17-43-29-33-49(51)55(45)53(41)43)63-37-11-19-39-13-7-8-14-40(39)20-12-38-64-58(60-48-23-5-2-6-24-48)62-52-36-32-46-28-26-42-16-10-18-44-30-34-50(52)56(46)54(42)44/h1-10,13-18,21-36H,11-12,19-20,37-38H2,(H,59,61)(H,60,62). The van der Waals surface area contributed by atoms with Crippen LogP contribution in [-0.2, 0) is 12.8 Å². The van der Waals surface area contributed by atoms with Crippen LogP contribution in [0.1, 0.15) is 24.0 Å². The van der Waals surface area contributed by atoms with Crippen LogP contribution in [-0.4, -0.2) is 21.8 Å². The van der Waals surface area contributed by atoms with Crippen molar-refractivity contribution < 1.29 is 0 Å². The lowest BCUT2D eigenvalue weighted by Crippen LogP contribution is -2.09. The van der Waals surface area contributed by atoms with E-state index >= 15 is 0 Å². The Morgan fingerprint density at radius 3 is 1.12 bits per heavy atom. The number of amidine groups is 2. The maximum atomic E-state index is 5.32. The molecule has 310 valence electrons. The number of benzene rings is 11. The maximum Gasteiger partial charge on any atom is 0.166 e. The second kappa shape index (κ2) is 18.1. The first kappa shape index (κ1) is 40.0. The topological polar surface area (TPSA) is 48.8 Å². The summed E-state index contributed by atoms with van der Waals surface area (Å²) in [6, 6.07) is 69.6. The molecule has 0 radical (unpaired) electrons. The number of hydrogen-bond donors (Lipinski definition) is 2. The van der Waals surface area contributed by atoms with E-state index in [1.807, 2.05) is 0 Å². The van der Waals surface area contributed by atoms with Gasteiger partial charge in [0.25, 0.3) is 0 Å². The first-order valence-corrected chi connectivity index (χ1v) is 24.2. The quantitative estimate of drug-likeness (QED) is 0.0556. The van der Waals surface area contributed by atoms with Crippen LogP contribution in [0.4, 0.5) is 22.7 Å². The van der Waals surface area contributed by atoms with Gasteiger partial charge in [0.05, 0.1) is 11.4 Å². The molecule has 0 heterocycles. The molecule has 0 fully saturated rings. The van der Waals surface area contributed by atoms with E-state index < -0.39 is 0 Å². The van der Waals surface area contributed by atoms with Crippen LogP contribution in [0.2, 0.25) is 0 Å². The fourth-order valence-electron chi connectivity index (χ4n) is 9.24. The molecule has 0 aliphatic heterocycles. The fourth-order valence-corrected chi connectivity index (χ4v) is 10.9. The molecular formula is C58H46N4S2. The summed E-state index contributed by atoms with van der Waals surface area (Å²) >= 11 is 3.60. The van der Waals surface area contributed by atoms with E-state index in [1.54, 1.807) is 23.5 Å². The van der Waals surface area contributed by atoms with Crippen molar-refractivity contribution >= 4 is 121 Å². The summed E-state index contributed by atoms with van der Waals surface area (Å²) < 4.78 is 0. The number of rotatable bonds is 12. The predicted molar refractivity (Wildman–Crippen MR) is 283 cm³/mol. The van der Waals surface area contributed by atoms with Crippen molar-refractivity contribution in [3.8, 4) is 0 Å². The second-order valence-electron chi connectivity index (χ2n) is 16.4. The van der Waals surface area contributed by atoms with Crippen molar-refractivity contribution in [2.45, 2.75) is 25.7 Å². The maximum absolute atomic E-state index is 5.32. The summed E-state index contributed by atoms with van der Waals surface area (Å²) in [5.74, 6) is 1.89. The molecular weight excluding hydrogens is 817 g/mol. The number of anilines is 2. The molecule has 0 aliphatic carbocycles. The Labute approximate surface area is 382 Å². The van der Waals surface area contributed by atoms with Crippen molar-refractivity contribution in [1.82, 2.24) is 0 Å². The average molecular weight is 863 g/mol. The molecule has 11 aromatic carbocycles. The van der Waals surface area contributed by atoms with Crippen molar-refractivity contribution in [3.05, 3.63) is 205 Å². The van der Waals surface area contributed by atoms with Gasteiger partial charge >= 0.3 is 0 Å². The van der Waals surface area contributed by atoms with E-state index in [0.29, 0.717) is 0 Å². The Morgan fingerprint density at radius 2 is 0.703 bits per heavy atom. The van der Waals surface area contributed by atoms with Gasteiger partial charge in [-0.05, 0) is 127 Å². The zero-order valence-corrected chi connectivity index (χ0v) is 37.1. The van der Waals surface area contributed by atoms with Gasteiger partial charge in [-0.2, -0.15) is 0 Å². The molecule has 0 saturated heterocycles. The van der Waals surface area contributed by atoms with E-state index in [4.69, 9.17) is 9.98 Å². The summed E-state index contributed by atoms with van der Waals surface area (Å²) in [7, 11) is 0. The Morgan fingerprint density at radius 1 is 0.344 bits per heavy atom. The Kier molecular flexibility index (Phi) is 11.3. The largest absolute Gasteiger partial charge is 0.335 e. The lowest BCUT2D eigenvalue weighted by molar-refractivity contribution is 0.872. The van der Waals surface area contributed by atoms with Gasteiger partial charge in [-0.1, -0.05) is 181 Å². The molecule has 6 heteroatoms. The van der Waals surface area contributed by atoms with Gasteiger partial charge in [0.2, 0.25) is 0 Å². The van der Waals surface area contributed by atoms with Crippen molar-refractivity contribution in [1.29, 1.82) is 0 Å². The number of aryl methyl sites for hydroxylation is 2. The third-order valence-corrected chi connectivity index (χ3v) is 14.2. The number of nitrogens with one attached hydrogen (secondary N) is 2. The molecule has 0 spiro atoms. The van der Waals surface area contributed by atoms with E-state index in [9.17, 15) is 0 Å². The normalized spacial score (nSPS) is 12.4. The van der Waals surface area contributed by atoms with Crippen LogP contribution in [0.25, 0.3) is 64.6 Å². The minimum Gasteiger partial charge on any atom is -0.335 e. The van der Waals surface area contributed by atoms with Crippen LogP contribution in [0, 0.1) is 0 Å². The molecule has 0 amide bonds. The van der Waals surface area contributed by atoms with Crippen molar-refractivity contribution in [2.75, 3.05) is 22.1 Å². The van der Waals surface area contributed by atoms with Gasteiger partial charge < -0.3 is 10.6 Å². The summed E-state index contributed by atoms with van der Waals surface area (Å²) in [6.07, 6.45) is 4.12. The van der Waals surface area contributed by atoms with Crippen molar-refractivity contribution in [3.63, 3.8) is 0 Å². The molecule has 0 bridgehead atoms. The highest BCUT2D eigenvalue weighted by molar-refractivity contribution is 8.14. The van der Waals surface area contributed by atoms with Crippen LogP contribution in [0.15, 0.2) is 204 Å². The highest BCUT2D eigenvalue weighted by Gasteiger charge is 2.14. The average Bonchev–Trinajstić information content (AvgIpc) is 3.34. The lowest BCUT2D eigenvalue weighted by atomic mass is 9.94. The van der Waals surface area contributed by atoms with Crippen LogP contribution >= 0.6 is 23.5 Å². The Hall–Kier alpha value is -6.86. The Balaban J connectivity index is 0.781. The lowest BCUT2D eigenvalue weighted by Gasteiger charge is -2.14. The van der Waals surface area contributed by atoms with Crippen LogP contribution in [0.5, 0.6) is 0 Å². The third kappa shape index (κ3) is 8.23. The minimum absolute atomic E-state index is 0.912. The molecule has 11 aromatic rings. The zero-order valence-electron chi connectivity index (χ0n) is 35.4. The molecule has 64 heavy (non-hydrogen) atoms. The molecule has 0 unspecified atom stereocenters. The van der Waals surface area contributed by atoms with E-state index in [1.165, 1.54) is 75.8 Å². The van der Waals surface area contributed by atoms with Gasteiger partial charge in [-0.25, -0.2) is 9.98 Å². The molecule has 4 nitrogen and oxygen atoms in total. The van der Waals surface area contributed by atoms with Gasteiger partial charge in [0.15, 0.2) is 10.3 Å². The predicted octanol–water partition coefficient (Wildman–Crippen LogP) is 16.4. The highest BCUT2D eigenvalue weighted by Crippen LogP contribution is 2.41. The zero-order chi connectivity index (χ0) is 42.7. The molecule has 11 rings (SSSR count). The molecule has 0 saturated carbocycles. The SMILES string of the molecule is c1ccc(NC(=Nc2ccc3ccc4cccc5ccc2c3c45)SCCCc2ccccc2CCCSC(=Nc2ccc3ccc4cccc5ccc2c3c45)Nc2ccccc2)cc1. The van der Waals surface area contributed by atoms with Gasteiger partial charge in [-0.3, -0.25) is 0 Å². The molecule has 0 aromatic heterocycles. The first-order chi connectivity index (χ1) is 31.7. The number of nitrogens with zero attached hydrogens (tertiary/aromatic N) is 2. The Bertz CT molecular complexity index is 3190. The summed E-state index contributed by atoms with van der Waals surface area (Å²) in [6.45, 7) is 0. The third-order valence-electron chi connectivity index (χ3n) is 12.3. The number of para-hydroxylation sites is 2. The number of hydrogen-bond acceptors (Lipinski definition) is 4. The summed E-state index contributed by atoms with van der Waals surface area (Å²) in [5.41, 5.74) is 6.92. The van der Waals surface area contributed by atoms with Crippen molar-refractivity contribution in [2.24, 2.45) is 9.98 Å². The fraction of sp³-hybridized carbons (Fsp3) is 0.103. The van der Waals surface area contributed by atoms with E-state index in [0.717, 1.165) is 70.3 Å². The van der Waals surface area contributed by atoms with Gasteiger partial charge in [0, 0.05) is 33.7 Å². The molecule has 0 atom stereocenters. The van der Waals surface area contributed by atoms with Gasteiger partial charge in [0.1, 0.15) is 0 Å². The highest BCUT2D eigenvalue weighted by atomic mass is 32.2. The minimum atomic E-state index is 0.912. The molecule has 2 N–H and O–H groups in total. The monoisotopic (exact) mass is 862 g/mol. The van der Waals surface area contributed by atoms with Gasteiger partial charge in [-0.15, -0.1) is 0 Å². The summed E-state index contributed by atoms with van der Waals surface area (Å²) in [5, 5.41) is 24.3. The smallest absolute Gasteiger partial charge is 0.166 e.